The molecular formula is C12H21NO4. The summed E-state index contributed by atoms with van der Waals surface area (Å²) < 4.78 is 20.6. The van der Waals surface area contributed by atoms with E-state index in [1.165, 1.54) is 0 Å². The molecule has 0 saturated heterocycles. The topological polar surface area (TPSA) is 60.7 Å². The van der Waals surface area contributed by atoms with Gasteiger partial charge < -0.3 is 18.9 Å². The summed E-state index contributed by atoms with van der Waals surface area (Å²) >= 11 is 0. The SMILES string of the molecule is C=C[C@@H](OCOC)[C@H](C)[C@@H](CC#N)OCOC. The molecule has 0 rings (SSSR count). The normalized spacial score (nSPS) is 15.9. The van der Waals surface area contributed by atoms with Gasteiger partial charge in [0.15, 0.2) is 0 Å². The molecular weight excluding hydrogens is 222 g/mol. The first kappa shape index (κ1) is 16.1. The minimum absolute atomic E-state index is 0.00236. The number of ether oxygens (including phenoxy) is 4. The lowest BCUT2D eigenvalue weighted by Crippen LogP contribution is -2.33. The predicted molar refractivity (Wildman–Crippen MR) is 63.1 cm³/mol. The molecule has 3 atom stereocenters. The van der Waals surface area contributed by atoms with Gasteiger partial charge in [-0.2, -0.15) is 5.26 Å². The van der Waals surface area contributed by atoms with Crippen LogP contribution >= 0.6 is 0 Å². The molecule has 0 aliphatic heterocycles. The molecule has 0 fully saturated rings. The Morgan fingerprint density at radius 3 is 2.29 bits per heavy atom. The van der Waals surface area contributed by atoms with Crippen molar-refractivity contribution in [3.63, 3.8) is 0 Å². The highest BCUT2D eigenvalue weighted by molar-refractivity contribution is 4.91. The van der Waals surface area contributed by atoms with Gasteiger partial charge in [0.25, 0.3) is 0 Å². The van der Waals surface area contributed by atoms with Crippen molar-refractivity contribution in [3.05, 3.63) is 12.7 Å². The smallest absolute Gasteiger partial charge is 0.147 e. The number of methoxy groups -OCH3 is 2. The Labute approximate surface area is 103 Å². The summed E-state index contributed by atoms with van der Waals surface area (Å²) in [5.41, 5.74) is 0. The van der Waals surface area contributed by atoms with Crippen LogP contribution in [0.25, 0.3) is 0 Å². The fraction of sp³-hybridized carbons (Fsp3) is 0.750. The lowest BCUT2D eigenvalue weighted by Gasteiger charge is -2.27. The van der Waals surface area contributed by atoms with Gasteiger partial charge in [-0.3, -0.25) is 0 Å². The molecule has 0 spiro atoms. The second kappa shape index (κ2) is 10.2. The molecule has 0 bridgehead atoms. The highest BCUT2D eigenvalue weighted by Crippen LogP contribution is 2.19. The van der Waals surface area contributed by atoms with E-state index in [1.807, 2.05) is 6.92 Å². The zero-order chi connectivity index (χ0) is 13.1. The molecule has 0 aliphatic carbocycles. The fourth-order valence-corrected chi connectivity index (χ4v) is 1.43. The van der Waals surface area contributed by atoms with E-state index in [9.17, 15) is 0 Å². The fourth-order valence-electron chi connectivity index (χ4n) is 1.43. The van der Waals surface area contributed by atoms with Gasteiger partial charge in [-0.25, -0.2) is 0 Å². The van der Waals surface area contributed by atoms with Crippen molar-refractivity contribution in [2.45, 2.75) is 25.6 Å². The van der Waals surface area contributed by atoms with Crippen LogP contribution in [0.4, 0.5) is 0 Å². The molecule has 17 heavy (non-hydrogen) atoms. The molecule has 5 nitrogen and oxygen atoms in total. The summed E-state index contributed by atoms with van der Waals surface area (Å²) in [7, 11) is 3.10. The van der Waals surface area contributed by atoms with Crippen molar-refractivity contribution in [2.24, 2.45) is 5.92 Å². The summed E-state index contributed by atoms with van der Waals surface area (Å²) in [4.78, 5) is 0. The van der Waals surface area contributed by atoms with Crippen LogP contribution in [0.2, 0.25) is 0 Å². The number of nitrogens with zero attached hydrogens (tertiary/aromatic N) is 1. The molecule has 0 saturated carbocycles. The third-order valence-electron chi connectivity index (χ3n) is 2.41. The number of hydrogen-bond acceptors (Lipinski definition) is 5. The van der Waals surface area contributed by atoms with E-state index < -0.39 is 0 Å². The zero-order valence-corrected chi connectivity index (χ0v) is 10.7. The van der Waals surface area contributed by atoms with Gasteiger partial charge in [0, 0.05) is 20.1 Å². The molecule has 0 heterocycles. The maximum atomic E-state index is 8.75. The Balaban J connectivity index is 4.37. The Bertz CT molecular complexity index is 239. The molecule has 0 radical (unpaired) electrons. The van der Waals surface area contributed by atoms with Crippen molar-refractivity contribution >= 4 is 0 Å². The molecule has 0 aromatic carbocycles. The number of rotatable bonds is 10. The van der Waals surface area contributed by atoms with Crippen LogP contribution in [-0.2, 0) is 18.9 Å². The van der Waals surface area contributed by atoms with E-state index in [-0.39, 0.29) is 38.1 Å². The third kappa shape index (κ3) is 6.39. The Morgan fingerprint density at radius 1 is 1.24 bits per heavy atom. The first-order valence-corrected chi connectivity index (χ1v) is 5.41. The van der Waals surface area contributed by atoms with Crippen molar-refractivity contribution in [2.75, 3.05) is 27.8 Å². The summed E-state index contributed by atoms with van der Waals surface area (Å²) in [5, 5.41) is 8.75. The minimum Gasteiger partial charge on any atom is -0.359 e. The van der Waals surface area contributed by atoms with Crippen molar-refractivity contribution in [1.82, 2.24) is 0 Å². The lowest BCUT2D eigenvalue weighted by atomic mass is 9.96. The standard InChI is InChI=1S/C12H21NO4/c1-5-11(16-8-14-3)10(2)12(6-7-13)17-9-15-4/h5,10-12H,1,6,8-9H2,2-4H3/t10-,11+,12+/m0/s1. The molecule has 0 unspecified atom stereocenters. The Morgan fingerprint density at radius 2 is 1.82 bits per heavy atom. The summed E-state index contributed by atoms with van der Waals surface area (Å²) in [6, 6.07) is 2.09. The molecule has 98 valence electrons. The summed E-state index contributed by atoms with van der Waals surface area (Å²) in [5.74, 6) is -0.00236. The zero-order valence-electron chi connectivity index (χ0n) is 10.7. The Hall–Kier alpha value is -0.930. The lowest BCUT2D eigenvalue weighted by molar-refractivity contribution is -0.126. The van der Waals surface area contributed by atoms with Gasteiger partial charge in [-0.15, -0.1) is 6.58 Å². The highest BCUT2D eigenvalue weighted by atomic mass is 16.7. The molecule has 0 aromatic heterocycles. The third-order valence-corrected chi connectivity index (χ3v) is 2.41. The van der Waals surface area contributed by atoms with Crippen molar-refractivity contribution in [3.8, 4) is 6.07 Å². The van der Waals surface area contributed by atoms with E-state index >= 15 is 0 Å². The van der Waals surface area contributed by atoms with Crippen LogP contribution in [-0.4, -0.2) is 40.0 Å². The molecule has 0 amide bonds. The molecule has 0 aromatic rings. The maximum absolute atomic E-state index is 8.75. The van der Waals surface area contributed by atoms with Gasteiger partial charge in [-0.1, -0.05) is 13.0 Å². The monoisotopic (exact) mass is 243 g/mol. The summed E-state index contributed by atoms with van der Waals surface area (Å²) in [6.07, 6.45) is 1.50. The average Bonchev–Trinajstić information content (AvgIpc) is 2.35. The maximum Gasteiger partial charge on any atom is 0.147 e. The molecule has 0 aliphatic rings. The predicted octanol–water partition coefficient (Wildman–Crippen LogP) is 1.70. The number of hydrogen-bond donors (Lipinski definition) is 0. The van der Waals surface area contributed by atoms with E-state index in [4.69, 9.17) is 24.2 Å². The van der Waals surface area contributed by atoms with Crippen molar-refractivity contribution in [1.29, 1.82) is 5.26 Å². The quantitative estimate of drug-likeness (QED) is 0.431. The molecule has 5 heteroatoms. The van der Waals surface area contributed by atoms with Crippen LogP contribution in [0, 0.1) is 17.2 Å². The highest BCUT2D eigenvalue weighted by Gasteiger charge is 2.25. The van der Waals surface area contributed by atoms with Gasteiger partial charge in [0.05, 0.1) is 24.7 Å². The molecule has 0 N–H and O–H groups in total. The van der Waals surface area contributed by atoms with E-state index in [0.717, 1.165) is 0 Å². The van der Waals surface area contributed by atoms with E-state index in [2.05, 4.69) is 12.6 Å². The second-order valence-electron chi connectivity index (χ2n) is 3.61. The van der Waals surface area contributed by atoms with E-state index in [0.29, 0.717) is 0 Å². The van der Waals surface area contributed by atoms with Crippen LogP contribution < -0.4 is 0 Å². The van der Waals surface area contributed by atoms with Gasteiger partial charge in [0.1, 0.15) is 13.6 Å². The number of nitriles is 1. The van der Waals surface area contributed by atoms with E-state index in [1.54, 1.807) is 20.3 Å². The Kier molecular flexibility index (Phi) is 9.68. The van der Waals surface area contributed by atoms with Gasteiger partial charge >= 0.3 is 0 Å². The van der Waals surface area contributed by atoms with Crippen LogP contribution in [0.5, 0.6) is 0 Å². The van der Waals surface area contributed by atoms with Gasteiger partial charge in [0.2, 0.25) is 0 Å². The average molecular weight is 243 g/mol. The first-order valence-electron chi connectivity index (χ1n) is 5.41. The minimum atomic E-state index is -0.250. The first-order chi connectivity index (χ1) is 8.21. The van der Waals surface area contributed by atoms with Crippen LogP contribution in [0.1, 0.15) is 13.3 Å². The summed E-state index contributed by atoms with van der Waals surface area (Å²) in [6.45, 7) is 5.99. The van der Waals surface area contributed by atoms with Crippen LogP contribution in [0.15, 0.2) is 12.7 Å². The van der Waals surface area contributed by atoms with Crippen LogP contribution in [0.3, 0.4) is 0 Å². The second-order valence-corrected chi connectivity index (χ2v) is 3.61. The van der Waals surface area contributed by atoms with Crippen molar-refractivity contribution < 1.29 is 18.9 Å². The van der Waals surface area contributed by atoms with Gasteiger partial charge in [-0.05, 0) is 0 Å². The largest absolute Gasteiger partial charge is 0.359 e.